The van der Waals surface area contributed by atoms with E-state index in [1.807, 2.05) is 20.0 Å². The number of aryl methyl sites for hydroxylation is 2. The molecule has 0 saturated heterocycles. The third-order valence-electron chi connectivity index (χ3n) is 3.06. The molecule has 2 rings (SSSR count). The second-order valence-corrected chi connectivity index (χ2v) is 4.47. The highest BCUT2D eigenvalue weighted by atomic mass is 15.2. The van der Waals surface area contributed by atoms with Gasteiger partial charge in [0.25, 0.3) is 0 Å². The molecule has 0 saturated carbocycles. The fraction of sp³-hybridized carbons (Fsp3) is 0.333. The zero-order valence-electron chi connectivity index (χ0n) is 11.9. The van der Waals surface area contributed by atoms with Gasteiger partial charge in [-0.05, 0) is 32.4 Å². The van der Waals surface area contributed by atoms with Gasteiger partial charge in [0.15, 0.2) is 0 Å². The third-order valence-corrected chi connectivity index (χ3v) is 3.06. The van der Waals surface area contributed by atoms with Gasteiger partial charge < -0.3 is 10.2 Å². The number of aromatic nitrogens is 2. The van der Waals surface area contributed by atoms with Crippen molar-refractivity contribution >= 4 is 17.5 Å². The maximum Gasteiger partial charge on any atom is 0.224 e. The maximum absolute atomic E-state index is 4.54. The molecule has 0 atom stereocenters. The van der Waals surface area contributed by atoms with Gasteiger partial charge in [0.05, 0.1) is 0 Å². The van der Waals surface area contributed by atoms with Gasteiger partial charge in [-0.3, -0.25) is 0 Å². The molecular formula is C15H20N4. The van der Waals surface area contributed by atoms with Crippen molar-refractivity contribution in [2.45, 2.75) is 20.8 Å². The first-order chi connectivity index (χ1) is 9.15. The molecule has 0 spiro atoms. The van der Waals surface area contributed by atoms with Crippen molar-refractivity contribution in [3.63, 3.8) is 0 Å². The highest BCUT2D eigenvalue weighted by Gasteiger charge is 2.12. The summed E-state index contributed by atoms with van der Waals surface area (Å²) in [6.07, 6.45) is 0. The van der Waals surface area contributed by atoms with Crippen LogP contribution in [0.2, 0.25) is 0 Å². The first kappa shape index (κ1) is 13.3. The molecular weight excluding hydrogens is 236 g/mol. The molecule has 4 heteroatoms. The Morgan fingerprint density at radius 2 is 1.89 bits per heavy atom. The number of para-hydroxylation sites is 1. The summed E-state index contributed by atoms with van der Waals surface area (Å²) >= 11 is 0. The Bertz CT molecular complexity index is 566. The Kier molecular flexibility index (Phi) is 4.00. The number of nitrogens with zero attached hydrogens (tertiary/aromatic N) is 3. The number of anilines is 3. The topological polar surface area (TPSA) is 41.1 Å². The van der Waals surface area contributed by atoms with E-state index in [2.05, 4.69) is 58.3 Å². The molecule has 0 aliphatic heterocycles. The van der Waals surface area contributed by atoms with Crippen molar-refractivity contribution < 1.29 is 0 Å². The lowest BCUT2D eigenvalue weighted by Crippen LogP contribution is -2.19. The average Bonchev–Trinajstić information content (AvgIpc) is 2.41. The van der Waals surface area contributed by atoms with Crippen LogP contribution in [0.5, 0.6) is 0 Å². The second kappa shape index (κ2) is 5.69. The molecule has 0 bridgehead atoms. The third kappa shape index (κ3) is 2.84. The summed E-state index contributed by atoms with van der Waals surface area (Å²) in [4.78, 5) is 11.1. The van der Waals surface area contributed by atoms with Crippen LogP contribution in [0.3, 0.4) is 0 Å². The van der Waals surface area contributed by atoms with Crippen molar-refractivity contribution in [2.75, 3.05) is 23.8 Å². The van der Waals surface area contributed by atoms with E-state index in [9.17, 15) is 0 Å². The van der Waals surface area contributed by atoms with Gasteiger partial charge >= 0.3 is 0 Å². The van der Waals surface area contributed by atoms with Crippen LogP contribution in [0.15, 0.2) is 30.3 Å². The Morgan fingerprint density at radius 1 is 1.16 bits per heavy atom. The minimum atomic E-state index is 0.655. The molecule has 0 radical (unpaired) electrons. The fourth-order valence-electron chi connectivity index (χ4n) is 2.12. The normalized spacial score (nSPS) is 10.3. The predicted molar refractivity (Wildman–Crippen MR) is 80.2 cm³/mol. The van der Waals surface area contributed by atoms with E-state index in [1.54, 1.807) is 0 Å². The number of hydrogen-bond acceptors (Lipinski definition) is 4. The molecule has 19 heavy (non-hydrogen) atoms. The highest BCUT2D eigenvalue weighted by Crippen LogP contribution is 2.27. The Hall–Kier alpha value is -2.10. The van der Waals surface area contributed by atoms with Crippen molar-refractivity contribution in [1.29, 1.82) is 0 Å². The Labute approximate surface area is 114 Å². The minimum absolute atomic E-state index is 0.655. The van der Waals surface area contributed by atoms with Crippen LogP contribution in [-0.4, -0.2) is 23.6 Å². The SMILES string of the molecule is CCN(c1cc(C)nc(NC)n1)c1ccccc1C. The van der Waals surface area contributed by atoms with E-state index < -0.39 is 0 Å². The summed E-state index contributed by atoms with van der Waals surface area (Å²) in [6, 6.07) is 10.4. The van der Waals surface area contributed by atoms with Crippen molar-refractivity contribution in [2.24, 2.45) is 0 Å². The summed E-state index contributed by atoms with van der Waals surface area (Å²) in [5, 5.41) is 3.00. The molecule has 4 nitrogen and oxygen atoms in total. The van der Waals surface area contributed by atoms with E-state index in [4.69, 9.17) is 0 Å². The molecule has 0 aliphatic carbocycles. The van der Waals surface area contributed by atoms with Crippen LogP contribution in [-0.2, 0) is 0 Å². The smallest absolute Gasteiger partial charge is 0.224 e. The first-order valence-electron chi connectivity index (χ1n) is 6.52. The zero-order chi connectivity index (χ0) is 13.8. The summed E-state index contributed by atoms with van der Waals surface area (Å²) in [6.45, 7) is 7.09. The molecule has 0 fully saturated rings. The lowest BCUT2D eigenvalue weighted by atomic mass is 10.2. The largest absolute Gasteiger partial charge is 0.357 e. The van der Waals surface area contributed by atoms with Crippen LogP contribution < -0.4 is 10.2 Å². The fourth-order valence-corrected chi connectivity index (χ4v) is 2.12. The van der Waals surface area contributed by atoms with Gasteiger partial charge in [0, 0.05) is 31.0 Å². The van der Waals surface area contributed by atoms with Gasteiger partial charge in [-0.2, -0.15) is 4.98 Å². The minimum Gasteiger partial charge on any atom is -0.357 e. The molecule has 2 aromatic rings. The maximum atomic E-state index is 4.54. The molecule has 0 amide bonds. The second-order valence-electron chi connectivity index (χ2n) is 4.47. The summed E-state index contributed by atoms with van der Waals surface area (Å²) in [7, 11) is 1.84. The molecule has 100 valence electrons. The number of nitrogens with one attached hydrogen (secondary N) is 1. The molecule has 1 N–H and O–H groups in total. The van der Waals surface area contributed by atoms with Gasteiger partial charge in [-0.15, -0.1) is 0 Å². The molecule has 0 aliphatic rings. The lowest BCUT2D eigenvalue weighted by Gasteiger charge is -2.24. The number of rotatable bonds is 4. The van der Waals surface area contributed by atoms with Crippen LogP contribution >= 0.6 is 0 Å². The summed E-state index contributed by atoms with van der Waals surface area (Å²) < 4.78 is 0. The molecule has 0 unspecified atom stereocenters. The van der Waals surface area contributed by atoms with Crippen LogP contribution in [0, 0.1) is 13.8 Å². The lowest BCUT2D eigenvalue weighted by molar-refractivity contribution is 0.962. The van der Waals surface area contributed by atoms with Crippen LogP contribution in [0.1, 0.15) is 18.2 Å². The Morgan fingerprint density at radius 3 is 2.53 bits per heavy atom. The highest BCUT2D eigenvalue weighted by molar-refractivity contribution is 5.64. The Balaban J connectivity index is 2.48. The quantitative estimate of drug-likeness (QED) is 0.911. The average molecular weight is 256 g/mol. The van der Waals surface area contributed by atoms with E-state index in [0.717, 1.165) is 18.1 Å². The van der Waals surface area contributed by atoms with Gasteiger partial charge in [0.2, 0.25) is 5.95 Å². The summed E-state index contributed by atoms with van der Waals surface area (Å²) in [5.41, 5.74) is 3.39. The number of benzene rings is 1. The van der Waals surface area contributed by atoms with Crippen molar-refractivity contribution in [1.82, 2.24) is 9.97 Å². The summed E-state index contributed by atoms with van der Waals surface area (Å²) in [5.74, 6) is 1.58. The zero-order valence-corrected chi connectivity index (χ0v) is 11.9. The van der Waals surface area contributed by atoms with E-state index in [0.29, 0.717) is 5.95 Å². The van der Waals surface area contributed by atoms with Gasteiger partial charge in [-0.1, -0.05) is 18.2 Å². The van der Waals surface area contributed by atoms with E-state index >= 15 is 0 Å². The molecule has 1 aromatic carbocycles. The molecule has 1 aromatic heterocycles. The van der Waals surface area contributed by atoms with Crippen molar-refractivity contribution in [3.8, 4) is 0 Å². The standard InChI is InChI=1S/C15H20N4/c1-5-19(13-9-7-6-8-11(13)2)14-10-12(3)17-15(16-4)18-14/h6-10H,5H2,1-4H3,(H,16,17,18). The van der Waals surface area contributed by atoms with E-state index in [-0.39, 0.29) is 0 Å². The van der Waals surface area contributed by atoms with Gasteiger partial charge in [0.1, 0.15) is 5.82 Å². The predicted octanol–water partition coefficient (Wildman–Crippen LogP) is 3.29. The van der Waals surface area contributed by atoms with Gasteiger partial charge in [-0.25, -0.2) is 4.98 Å². The van der Waals surface area contributed by atoms with Crippen molar-refractivity contribution in [3.05, 3.63) is 41.6 Å². The van der Waals surface area contributed by atoms with Crippen LogP contribution in [0.4, 0.5) is 17.5 Å². The van der Waals surface area contributed by atoms with E-state index in [1.165, 1.54) is 11.3 Å². The first-order valence-corrected chi connectivity index (χ1v) is 6.52. The molecule has 1 heterocycles. The van der Waals surface area contributed by atoms with Crippen LogP contribution in [0.25, 0.3) is 0 Å². The number of hydrogen-bond donors (Lipinski definition) is 1. The monoisotopic (exact) mass is 256 g/mol.